The van der Waals surface area contributed by atoms with Gasteiger partial charge in [-0.15, -0.1) is 0 Å². The van der Waals surface area contributed by atoms with E-state index in [2.05, 4.69) is 17.0 Å². The molecule has 1 atom stereocenters. The number of rotatable bonds is 10. The van der Waals surface area contributed by atoms with Gasteiger partial charge in [-0.05, 0) is 43.4 Å². The first-order valence-electron chi connectivity index (χ1n) is 13.2. The van der Waals surface area contributed by atoms with Gasteiger partial charge in [0.05, 0.1) is 12.6 Å². The maximum atomic E-state index is 12.8. The molecular weight excluding hydrogens is 500 g/mol. The largest absolute Gasteiger partial charge is 0.467 e. The second kappa shape index (κ2) is 15.4. The minimum Gasteiger partial charge on any atom is -0.467 e. The SMILES string of the molecule is CCCCCC(=O)c1c(SC(C)=O)cccc1-c1ccccc1.COC(=O)[C@@H](C)NC(=O)C1(N)CCCC1. The van der Waals surface area contributed by atoms with Crippen molar-refractivity contribution in [3.05, 3.63) is 54.1 Å². The highest BCUT2D eigenvalue weighted by Gasteiger charge is 2.38. The Bertz CT molecular complexity index is 1100. The Balaban J connectivity index is 0.000000293. The summed E-state index contributed by atoms with van der Waals surface area (Å²) in [6, 6.07) is 15.0. The number of ketones is 1. The highest BCUT2D eigenvalue weighted by atomic mass is 32.2. The van der Waals surface area contributed by atoms with Gasteiger partial charge in [0, 0.05) is 23.8 Å². The molecule has 2 aromatic carbocycles. The first kappa shape index (κ1) is 31.2. The number of benzene rings is 2. The third kappa shape index (κ3) is 9.10. The third-order valence-corrected chi connectivity index (χ3v) is 7.35. The van der Waals surface area contributed by atoms with Crippen LogP contribution in [0.2, 0.25) is 0 Å². The van der Waals surface area contributed by atoms with Crippen LogP contribution in [0.1, 0.15) is 82.5 Å². The van der Waals surface area contributed by atoms with Crippen molar-refractivity contribution in [1.29, 1.82) is 0 Å². The zero-order valence-corrected chi connectivity index (χ0v) is 23.7. The highest BCUT2D eigenvalue weighted by Crippen LogP contribution is 2.33. The summed E-state index contributed by atoms with van der Waals surface area (Å²) in [5.74, 6) is -0.579. The van der Waals surface area contributed by atoms with E-state index in [-0.39, 0.29) is 16.8 Å². The summed E-state index contributed by atoms with van der Waals surface area (Å²) >= 11 is 1.14. The molecule has 1 amide bonds. The predicted octanol–water partition coefficient (Wildman–Crippen LogP) is 5.69. The van der Waals surface area contributed by atoms with Gasteiger partial charge in [0.2, 0.25) is 5.91 Å². The molecule has 0 saturated heterocycles. The maximum Gasteiger partial charge on any atom is 0.328 e. The summed E-state index contributed by atoms with van der Waals surface area (Å²) < 4.78 is 4.51. The van der Waals surface area contributed by atoms with Crippen LogP contribution in [-0.2, 0) is 19.1 Å². The summed E-state index contributed by atoms with van der Waals surface area (Å²) in [5, 5.41) is 2.57. The zero-order chi connectivity index (χ0) is 28.1. The van der Waals surface area contributed by atoms with E-state index < -0.39 is 17.6 Å². The van der Waals surface area contributed by atoms with Gasteiger partial charge in [0.1, 0.15) is 6.04 Å². The van der Waals surface area contributed by atoms with Gasteiger partial charge in [0.15, 0.2) is 10.9 Å². The first-order valence-corrected chi connectivity index (χ1v) is 14.0. The van der Waals surface area contributed by atoms with Crippen molar-refractivity contribution in [3.63, 3.8) is 0 Å². The average Bonchev–Trinajstić information content (AvgIpc) is 3.36. The highest BCUT2D eigenvalue weighted by molar-refractivity contribution is 8.13. The van der Waals surface area contributed by atoms with Crippen LogP contribution in [0.4, 0.5) is 0 Å². The van der Waals surface area contributed by atoms with Crippen LogP contribution in [-0.4, -0.2) is 41.5 Å². The predicted molar refractivity (Wildman–Crippen MR) is 152 cm³/mol. The molecule has 1 saturated carbocycles. The molecule has 1 aliphatic rings. The molecule has 3 N–H and O–H groups in total. The summed E-state index contributed by atoms with van der Waals surface area (Å²) in [4.78, 5) is 47.9. The fourth-order valence-electron chi connectivity index (χ4n) is 4.39. The van der Waals surface area contributed by atoms with E-state index >= 15 is 0 Å². The third-order valence-electron chi connectivity index (χ3n) is 6.50. The Kier molecular flexibility index (Phi) is 12.7. The van der Waals surface area contributed by atoms with Crippen molar-refractivity contribution in [2.75, 3.05) is 7.11 Å². The van der Waals surface area contributed by atoms with Crippen LogP contribution in [0, 0.1) is 0 Å². The molecule has 1 aliphatic carbocycles. The van der Waals surface area contributed by atoms with E-state index in [1.807, 2.05) is 48.5 Å². The fourth-order valence-corrected chi connectivity index (χ4v) is 5.17. The minimum absolute atomic E-state index is 0.00202. The molecule has 206 valence electrons. The topological polar surface area (TPSA) is 116 Å². The lowest BCUT2D eigenvalue weighted by molar-refractivity contribution is -0.145. The molecule has 3 rings (SSSR count). The van der Waals surface area contributed by atoms with Crippen LogP contribution in [0.15, 0.2) is 53.4 Å². The molecule has 7 nitrogen and oxygen atoms in total. The molecule has 1 fully saturated rings. The number of hydrogen-bond acceptors (Lipinski definition) is 7. The van der Waals surface area contributed by atoms with E-state index in [1.54, 1.807) is 6.92 Å². The minimum atomic E-state index is -0.789. The number of nitrogens with two attached hydrogens (primary N) is 1. The molecule has 0 radical (unpaired) electrons. The molecule has 0 aliphatic heterocycles. The number of esters is 1. The normalized spacial score (nSPS) is 14.6. The van der Waals surface area contributed by atoms with Crippen LogP contribution in [0.5, 0.6) is 0 Å². The number of unbranched alkanes of at least 4 members (excludes halogenated alkanes) is 2. The number of carbonyl (C=O) groups is 4. The fraction of sp³-hybridized carbons (Fsp3) is 0.467. The molecule has 2 aromatic rings. The van der Waals surface area contributed by atoms with E-state index in [0.29, 0.717) is 24.8 Å². The van der Waals surface area contributed by atoms with E-state index in [4.69, 9.17) is 5.73 Å². The quantitative estimate of drug-likeness (QED) is 0.172. The van der Waals surface area contributed by atoms with Crippen LogP contribution < -0.4 is 11.1 Å². The number of carbonyl (C=O) groups excluding carboxylic acids is 4. The smallest absolute Gasteiger partial charge is 0.328 e. The van der Waals surface area contributed by atoms with E-state index in [0.717, 1.165) is 59.9 Å². The summed E-state index contributed by atoms with van der Waals surface area (Å²) in [7, 11) is 1.29. The number of thioether (sulfide) groups is 1. The average molecular weight is 541 g/mol. The van der Waals surface area contributed by atoms with Gasteiger partial charge < -0.3 is 15.8 Å². The van der Waals surface area contributed by atoms with Gasteiger partial charge >= 0.3 is 5.97 Å². The van der Waals surface area contributed by atoms with Crippen LogP contribution in [0.25, 0.3) is 11.1 Å². The lowest BCUT2D eigenvalue weighted by atomic mass is 9.95. The molecule has 0 aromatic heterocycles. The molecule has 0 bridgehead atoms. The Morgan fingerprint density at radius 2 is 1.68 bits per heavy atom. The molecule has 0 heterocycles. The lowest BCUT2D eigenvalue weighted by Crippen LogP contribution is -2.55. The number of methoxy groups -OCH3 is 1. The second-order valence-electron chi connectivity index (χ2n) is 9.60. The molecule has 0 unspecified atom stereocenters. The van der Waals surface area contributed by atoms with Gasteiger partial charge in [-0.2, -0.15) is 0 Å². The molecule has 8 heteroatoms. The number of amides is 1. The molecule has 38 heavy (non-hydrogen) atoms. The Hall–Kier alpha value is -2.97. The Morgan fingerprint density at radius 3 is 2.26 bits per heavy atom. The van der Waals surface area contributed by atoms with Crippen LogP contribution in [0.3, 0.4) is 0 Å². The number of nitrogens with one attached hydrogen (secondary N) is 1. The van der Waals surface area contributed by atoms with Gasteiger partial charge in [-0.25, -0.2) is 4.79 Å². The van der Waals surface area contributed by atoms with Crippen molar-refractivity contribution < 1.29 is 23.9 Å². The van der Waals surface area contributed by atoms with Crippen LogP contribution >= 0.6 is 11.8 Å². The van der Waals surface area contributed by atoms with Crippen molar-refractivity contribution >= 4 is 34.5 Å². The zero-order valence-electron chi connectivity index (χ0n) is 22.9. The number of Topliss-reactive ketones (excluding diaryl/α,β-unsaturated/α-hetero) is 1. The van der Waals surface area contributed by atoms with Crippen molar-refractivity contribution in [3.8, 4) is 11.1 Å². The molecule has 0 spiro atoms. The monoisotopic (exact) mass is 540 g/mol. The Labute approximate surface area is 230 Å². The summed E-state index contributed by atoms with van der Waals surface area (Å²) in [6.07, 6.45) is 6.87. The van der Waals surface area contributed by atoms with E-state index in [1.165, 1.54) is 14.0 Å². The first-order chi connectivity index (χ1) is 18.1. The molecular formula is C30H40N2O5S. The lowest BCUT2D eigenvalue weighted by Gasteiger charge is -2.24. The van der Waals surface area contributed by atoms with Gasteiger partial charge in [-0.1, -0.05) is 86.8 Å². The number of hydrogen-bond donors (Lipinski definition) is 2. The standard InChI is InChI=1S/C20H22O2S.C10H18N2O3/c1-3-4-6-13-18(22)20-17(16-10-7-5-8-11-16)12-9-14-19(20)23-15(2)21;1-7(8(13)15-2)12-9(14)10(11)5-3-4-6-10/h5,7-12,14H,3-4,6,13H2,1-2H3;7H,3-6,11H2,1-2H3,(H,12,14)/t;7-/m.1/s1. The van der Waals surface area contributed by atoms with Gasteiger partial charge in [-0.3, -0.25) is 14.4 Å². The van der Waals surface area contributed by atoms with Crippen molar-refractivity contribution in [2.45, 2.75) is 88.6 Å². The maximum absolute atomic E-state index is 12.8. The second-order valence-corrected chi connectivity index (χ2v) is 10.8. The van der Waals surface area contributed by atoms with Gasteiger partial charge in [0.25, 0.3) is 0 Å². The van der Waals surface area contributed by atoms with E-state index in [9.17, 15) is 19.2 Å². The summed E-state index contributed by atoms with van der Waals surface area (Å²) in [5.41, 5.74) is 7.76. The summed E-state index contributed by atoms with van der Waals surface area (Å²) in [6.45, 7) is 5.24. The van der Waals surface area contributed by atoms with Crippen molar-refractivity contribution in [1.82, 2.24) is 5.32 Å². The van der Waals surface area contributed by atoms with Crippen molar-refractivity contribution in [2.24, 2.45) is 5.73 Å². The Morgan fingerprint density at radius 1 is 1.03 bits per heavy atom. The number of ether oxygens (including phenoxy) is 1.